The highest BCUT2D eigenvalue weighted by atomic mass is 32.1. The van der Waals surface area contributed by atoms with Gasteiger partial charge in [0.2, 0.25) is 0 Å². The van der Waals surface area contributed by atoms with Gasteiger partial charge in [0, 0.05) is 25.0 Å². The van der Waals surface area contributed by atoms with Gasteiger partial charge in [0.1, 0.15) is 0 Å². The molecule has 0 bridgehead atoms. The molecule has 1 saturated heterocycles. The van der Waals surface area contributed by atoms with Crippen LogP contribution < -0.4 is 5.56 Å². The number of nitrogens with zero attached hydrogens (tertiary/aromatic N) is 3. The van der Waals surface area contributed by atoms with Gasteiger partial charge >= 0.3 is 0 Å². The minimum absolute atomic E-state index is 0.0455. The maximum Gasteiger partial charge on any atom is 0.263 e. The van der Waals surface area contributed by atoms with Crippen molar-refractivity contribution in [3.05, 3.63) is 57.3 Å². The summed E-state index contributed by atoms with van der Waals surface area (Å²) in [4.78, 5) is 20.8. The van der Waals surface area contributed by atoms with Crippen molar-refractivity contribution in [2.75, 3.05) is 26.3 Å². The normalized spacial score (nSPS) is 15.9. The highest BCUT2D eigenvalue weighted by molar-refractivity contribution is 7.15. The highest BCUT2D eigenvalue weighted by Gasteiger charge is 2.18. The van der Waals surface area contributed by atoms with Crippen LogP contribution in [0.4, 0.5) is 0 Å². The summed E-state index contributed by atoms with van der Waals surface area (Å²) in [6.45, 7) is 5.73. The monoisotopic (exact) mass is 341 g/mol. The number of hydrogen-bond donors (Lipinski definition) is 0. The lowest BCUT2D eigenvalue weighted by atomic mass is 10.1. The first-order valence-corrected chi connectivity index (χ1v) is 8.97. The zero-order valence-corrected chi connectivity index (χ0v) is 14.4. The second kappa shape index (κ2) is 6.47. The fourth-order valence-corrected chi connectivity index (χ4v) is 4.00. The number of aryl methyl sites for hydroxylation is 1. The number of benzene rings is 1. The Kier molecular flexibility index (Phi) is 4.18. The Hall–Kier alpha value is -2.02. The molecule has 5 nitrogen and oxygen atoms in total. The molecule has 6 heteroatoms. The second-order valence-electron chi connectivity index (χ2n) is 5.97. The fourth-order valence-electron chi connectivity index (χ4n) is 3.06. The van der Waals surface area contributed by atoms with Crippen molar-refractivity contribution in [3.63, 3.8) is 0 Å². The Labute approximate surface area is 144 Å². The Balaban J connectivity index is 1.81. The van der Waals surface area contributed by atoms with Crippen LogP contribution in [0.2, 0.25) is 0 Å². The first-order valence-electron chi connectivity index (χ1n) is 8.09. The molecule has 0 unspecified atom stereocenters. The first kappa shape index (κ1) is 15.5. The number of aromatic nitrogens is 2. The molecule has 0 amide bonds. The molecule has 24 heavy (non-hydrogen) atoms. The molecule has 1 aromatic carbocycles. The average Bonchev–Trinajstić information content (AvgIpc) is 3.04. The van der Waals surface area contributed by atoms with Gasteiger partial charge in [-0.2, -0.15) is 0 Å². The van der Waals surface area contributed by atoms with E-state index in [1.807, 2.05) is 42.6 Å². The van der Waals surface area contributed by atoms with Gasteiger partial charge in [-0.3, -0.25) is 14.1 Å². The van der Waals surface area contributed by atoms with Gasteiger partial charge < -0.3 is 4.74 Å². The van der Waals surface area contributed by atoms with Crippen LogP contribution in [-0.4, -0.2) is 40.6 Å². The van der Waals surface area contributed by atoms with Gasteiger partial charge in [0.05, 0.1) is 30.2 Å². The van der Waals surface area contributed by atoms with E-state index in [-0.39, 0.29) is 5.56 Å². The Morgan fingerprint density at radius 3 is 2.71 bits per heavy atom. The van der Waals surface area contributed by atoms with Crippen molar-refractivity contribution in [2.24, 2.45) is 0 Å². The third kappa shape index (κ3) is 2.77. The zero-order valence-electron chi connectivity index (χ0n) is 13.6. The van der Waals surface area contributed by atoms with Gasteiger partial charge in [-0.15, -0.1) is 11.3 Å². The largest absolute Gasteiger partial charge is 0.379 e. The number of ether oxygens (including phenoxy) is 1. The summed E-state index contributed by atoms with van der Waals surface area (Å²) in [5, 5.41) is 2.01. The van der Waals surface area contributed by atoms with Crippen molar-refractivity contribution in [1.29, 1.82) is 0 Å². The third-order valence-corrected chi connectivity index (χ3v) is 5.25. The molecular weight excluding hydrogens is 322 g/mol. The molecule has 1 aliphatic heterocycles. The molecule has 3 heterocycles. The Morgan fingerprint density at radius 1 is 1.21 bits per heavy atom. The molecule has 1 fully saturated rings. The molecule has 0 spiro atoms. The van der Waals surface area contributed by atoms with Crippen LogP contribution in [0.15, 0.2) is 40.5 Å². The summed E-state index contributed by atoms with van der Waals surface area (Å²) in [7, 11) is 0. The standard InChI is InChI=1S/C18H19N3O2S/c1-13-15(11-20-7-9-23-10-8-20)17(22)21-16(12-24-18(21)19-13)14-5-3-2-4-6-14/h2-6,12H,7-11H2,1H3. The van der Waals surface area contributed by atoms with Gasteiger partial charge in [-0.25, -0.2) is 4.98 Å². The Morgan fingerprint density at radius 2 is 1.96 bits per heavy atom. The molecule has 0 saturated carbocycles. The van der Waals surface area contributed by atoms with E-state index in [1.165, 1.54) is 11.3 Å². The lowest BCUT2D eigenvalue weighted by Gasteiger charge is -2.26. The van der Waals surface area contributed by atoms with Crippen molar-refractivity contribution < 1.29 is 4.74 Å². The van der Waals surface area contributed by atoms with E-state index in [0.717, 1.165) is 53.8 Å². The number of rotatable bonds is 3. The third-order valence-electron chi connectivity index (χ3n) is 4.42. The van der Waals surface area contributed by atoms with Gasteiger partial charge in [0.15, 0.2) is 4.96 Å². The second-order valence-corrected chi connectivity index (χ2v) is 6.81. The summed E-state index contributed by atoms with van der Waals surface area (Å²) in [6, 6.07) is 10.00. The van der Waals surface area contributed by atoms with Crippen LogP contribution in [0.25, 0.3) is 16.2 Å². The molecule has 4 rings (SSSR count). The predicted octanol–water partition coefficient (Wildman–Crippen LogP) is 2.56. The summed E-state index contributed by atoms with van der Waals surface area (Å²) < 4.78 is 7.15. The maximum atomic E-state index is 13.1. The summed E-state index contributed by atoms with van der Waals surface area (Å²) in [6.07, 6.45) is 0. The molecule has 2 aromatic heterocycles. The van der Waals surface area contributed by atoms with E-state index < -0.39 is 0 Å². The lowest BCUT2D eigenvalue weighted by Crippen LogP contribution is -2.38. The van der Waals surface area contributed by atoms with Crippen LogP contribution in [0.3, 0.4) is 0 Å². The van der Waals surface area contributed by atoms with E-state index in [1.54, 1.807) is 4.40 Å². The van der Waals surface area contributed by atoms with Crippen molar-refractivity contribution in [2.45, 2.75) is 13.5 Å². The van der Waals surface area contributed by atoms with Gasteiger partial charge in [-0.05, 0) is 12.5 Å². The van der Waals surface area contributed by atoms with E-state index in [9.17, 15) is 4.79 Å². The van der Waals surface area contributed by atoms with E-state index in [4.69, 9.17) is 4.74 Å². The smallest absolute Gasteiger partial charge is 0.263 e. The topological polar surface area (TPSA) is 46.8 Å². The zero-order chi connectivity index (χ0) is 16.5. The maximum absolute atomic E-state index is 13.1. The van der Waals surface area contributed by atoms with Crippen LogP contribution in [0.1, 0.15) is 11.3 Å². The molecule has 0 aliphatic carbocycles. The number of thiazole rings is 1. The van der Waals surface area contributed by atoms with Gasteiger partial charge in [-0.1, -0.05) is 30.3 Å². The van der Waals surface area contributed by atoms with Crippen LogP contribution >= 0.6 is 11.3 Å². The van der Waals surface area contributed by atoms with Gasteiger partial charge in [0.25, 0.3) is 5.56 Å². The van der Waals surface area contributed by atoms with E-state index in [0.29, 0.717) is 6.54 Å². The first-order chi connectivity index (χ1) is 11.7. The van der Waals surface area contributed by atoms with E-state index >= 15 is 0 Å². The quantitative estimate of drug-likeness (QED) is 0.735. The molecule has 1 aliphatic rings. The number of hydrogen-bond acceptors (Lipinski definition) is 5. The van der Waals surface area contributed by atoms with Crippen LogP contribution in [0.5, 0.6) is 0 Å². The Bertz CT molecular complexity index is 911. The average molecular weight is 341 g/mol. The number of morpholine rings is 1. The minimum Gasteiger partial charge on any atom is -0.379 e. The molecule has 0 atom stereocenters. The molecule has 124 valence electrons. The summed E-state index contributed by atoms with van der Waals surface area (Å²) in [5.41, 5.74) is 3.60. The molecular formula is C18H19N3O2S. The minimum atomic E-state index is 0.0455. The predicted molar refractivity (Wildman–Crippen MR) is 95.6 cm³/mol. The number of fused-ring (bicyclic) bond motifs is 1. The summed E-state index contributed by atoms with van der Waals surface area (Å²) >= 11 is 1.51. The van der Waals surface area contributed by atoms with Crippen LogP contribution in [-0.2, 0) is 11.3 Å². The van der Waals surface area contributed by atoms with Crippen LogP contribution in [0, 0.1) is 6.92 Å². The molecule has 3 aromatic rings. The molecule has 0 N–H and O–H groups in total. The van der Waals surface area contributed by atoms with Crippen molar-refractivity contribution in [1.82, 2.24) is 14.3 Å². The fraction of sp³-hybridized carbons (Fsp3) is 0.333. The van der Waals surface area contributed by atoms with Crippen molar-refractivity contribution >= 4 is 16.3 Å². The van der Waals surface area contributed by atoms with Crippen molar-refractivity contribution in [3.8, 4) is 11.3 Å². The molecule has 0 radical (unpaired) electrons. The SMILES string of the molecule is Cc1nc2scc(-c3ccccc3)n2c(=O)c1CN1CCOCC1. The summed E-state index contributed by atoms with van der Waals surface area (Å²) in [5.74, 6) is 0. The lowest BCUT2D eigenvalue weighted by molar-refractivity contribution is 0.0338. The highest BCUT2D eigenvalue weighted by Crippen LogP contribution is 2.24. The van der Waals surface area contributed by atoms with E-state index in [2.05, 4.69) is 9.88 Å².